The smallest absolute Gasteiger partial charge is 0.325 e. The summed E-state index contributed by atoms with van der Waals surface area (Å²) < 4.78 is 44.5. The molecule has 1 aromatic rings. The Hall–Kier alpha value is -1.51. The molecule has 1 aliphatic heterocycles. The van der Waals surface area contributed by atoms with Crippen LogP contribution in [-0.2, 0) is 25.3 Å². The second-order valence-electron chi connectivity index (χ2n) is 4.99. The first-order valence-electron chi connectivity index (χ1n) is 6.40. The first kappa shape index (κ1) is 15.9. The zero-order chi connectivity index (χ0) is 15.5. The van der Waals surface area contributed by atoms with E-state index in [-0.39, 0.29) is 26.1 Å². The fourth-order valence-corrected chi connectivity index (χ4v) is 3.80. The Morgan fingerprint density at radius 3 is 2.38 bits per heavy atom. The summed E-state index contributed by atoms with van der Waals surface area (Å²) in [4.78, 5) is 11.4. The van der Waals surface area contributed by atoms with E-state index in [0.717, 1.165) is 12.1 Å². The van der Waals surface area contributed by atoms with Crippen LogP contribution in [0.15, 0.2) is 24.3 Å². The molecule has 1 aromatic carbocycles. The molecule has 1 aliphatic rings. The largest absolute Gasteiger partial charge is 0.480 e. The van der Waals surface area contributed by atoms with Gasteiger partial charge in [-0.1, -0.05) is 12.1 Å². The van der Waals surface area contributed by atoms with Crippen molar-refractivity contribution in [1.29, 1.82) is 0 Å². The van der Waals surface area contributed by atoms with Crippen LogP contribution >= 0.6 is 0 Å². The highest BCUT2D eigenvalue weighted by Crippen LogP contribution is 2.23. The Balaban J connectivity index is 2.15. The topological polar surface area (TPSA) is 92.7 Å². The molecule has 0 aliphatic carbocycles. The van der Waals surface area contributed by atoms with Gasteiger partial charge in [0.15, 0.2) is 0 Å². The molecule has 21 heavy (non-hydrogen) atoms. The third kappa shape index (κ3) is 3.99. The van der Waals surface area contributed by atoms with E-state index in [9.17, 15) is 22.7 Å². The van der Waals surface area contributed by atoms with Crippen molar-refractivity contribution in [3.05, 3.63) is 35.6 Å². The van der Waals surface area contributed by atoms with Gasteiger partial charge in [-0.25, -0.2) is 12.8 Å². The van der Waals surface area contributed by atoms with Gasteiger partial charge in [0.1, 0.15) is 11.4 Å². The molecule has 0 bridgehead atoms. The molecular formula is C13H16FNO5S. The minimum absolute atomic E-state index is 0.0744. The van der Waals surface area contributed by atoms with Crippen molar-refractivity contribution >= 4 is 16.0 Å². The number of hydrogen-bond acceptors (Lipinski definition) is 4. The maximum atomic E-state index is 12.8. The van der Waals surface area contributed by atoms with Crippen LogP contribution < -0.4 is 4.72 Å². The molecule has 0 unspecified atom stereocenters. The molecule has 8 heteroatoms. The predicted octanol–water partition coefficient (Wildman–Crippen LogP) is 0.879. The summed E-state index contributed by atoms with van der Waals surface area (Å²) >= 11 is 0. The van der Waals surface area contributed by atoms with Crippen molar-refractivity contribution in [3.8, 4) is 0 Å². The number of aliphatic carboxylic acids is 1. The van der Waals surface area contributed by atoms with Crippen LogP contribution in [0.2, 0.25) is 0 Å². The number of hydrogen-bond donors (Lipinski definition) is 2. The van der Waals surface area contributed by atoms with Crippen LogP contribution in [0, 0.1) is 5.82 Å². The fourth-order valence-electron chi connectivity index (χ4n) is 2.21. The van der Waals surface area contributed by atoms with E-state index in [0.29, 0.717) is 5.56 Å². The predicted molar refractivity (Wildman–Crippen MR) is 72.6 cm³/mol. The van der Waals surface area contributed by atoms with Gasteiger partial charge in [-0.3, -0.25) is 4.79 Å². The molecule has 0 radical (unpaired) electrons. The molecule has 0 saturated carbocycles. The molecule has 0 aromatic heterocycles. The summed E-state index contributed by atoms with van der Waals surface area (Å²) in [7, 11) is -3.86. The van der Waals surface area contributed by atoms with Crippen LogP contribution in [0.1, 0.15) is 18.4 Å². The number of nitrogens with one attached hydrogen (secondary N) is 1. The number of ether oxygens (including phenoxy) is 1. The number of rotatable bonds is 5. The van der Waals surface area contributed by atoms with Gasteiger partial charge >= 0.3 is 5.97 Å². The number of halogens is 1. The van der Waals surface area contributed by atoms with Gasteiger partial charge in [0, 0.05) is 26.1 Å². The maximum Gasteiger partial charge on any atom is 0.325 e. The number of carbonyl (C=O) groups is 1. The van der Waals surface area contributed by atoms with Crippen molar-refractivity contribution in [1.82, 2.24) is 4.72 Å². The Morgan fingerprint density at radius 1 is 1.29 bits per heavy atom. The molecule has 6 nitrogen and oxygen atoms in total. The molecule has 1 fully saturated rings. The SMILES string of the molecule is O=C(O)C1(NS(=O)(=O)Cc2ccc(F)cc2)CCOCC1. The summed E-state index contributed by atoms with van der Waals surface area (Å²) in [6.07, 6.45) is 0.149. The van der Waals surface area contributed by atoms with Crippen LogP contribution in [0.25, 0.3) is 0 Å². The number of benzene rings is 1. The van der Waals surface area contributed by atoms with E-state index < -0.39 is 33.1 Å². The van der Waals surface area contributed by atoms with Crippen molar-refractivity contribution in [3.63, 3.8) is 0 Å². The molecule has 0 atom stereocenters. The van der Waals surface area contributed by atoms with Gasteiger partial charge in [0.05, 0.1) is 5.75 Å². The Bertz CT molecular complexity index is 608. The minimum atomic E-state index is -3.86. The van der Waals surface area contributed by atoms with Crippen LogP contribution in [-0.4, -0.2) is 38.2 Å². The minimum Gasteiger partial charge on any atom is -0.480 e. The van der Waals surface area contributed by atoms with Gasteiger partial charge in [0.25, 0.3) is 0 Å². The highest BCUT2D eigenvalue weighted by Gasteiger charge is 2.43. The fraction of sp³-hybridized carbons (Fsp3) is 0.462. The zero-order valence-electron chi connectivity index (χ0n) is 11.2. The molecule has 116 valence electrons. The van der Waals surface area contributed by atoms with E-state index in [1.165, 1.54) is 12.1 Å². The lowest BCUT2D eigenvalue weighted by Gasteiger charge is -2.33. The second kappa shape index (κ2) is 6.08. The van der Waals surface area contributed by atoms with Gasteiger partial charge in [-0.15, -0.1) is 0 Å². The van der Waals surface area contributed by atoms with Crippen molar-refractivity contribution in [2.75, 3.05) is 13.2 Å². The van der Waals surface area contributed by atoms with Gasteiger partial charge in [0.2, 0.25) is 10.0 Å². The van der Waals surface area contributed by atoms with E-state index in [1.807, 2.05) is 0 Å². The maximum absolute atomic E-state index is 12.8. The molecule has 2 rings (SSSR count). The summed E-state index contributed by atoms with van der Waals surface area (Å²) in [6, 6.07) is 5.02. The second-order valence-corrected chi connectivity index (χ2v) is 6.71. The first-order valence-corrected chi connectivity index (χ1v) is 8.05. The molecule has 2 N–H and O–H groups in total. The van der Waals surface area contributed by atoms with Crippen LogP contribution in [0.5, 0.6) is 0 Å². The van der Waals surface area contributed by atoms with E-state index in [2.05, 4.69) is 4.72 Å². The van der Waals surface area contributed by atoms with Crippen molar-refractivity contribution < 1.29 is 27.4 Å². The van der Waals surface area contributed by atoms with Crippen LogP contribution in [0.3, 0.4) is 0 Å². The third-order valence-corrected chi connectivity index (χ3v) is 4.79. The van der Waals surface area contributed by atoms with E-state index in [4.69, 9.17) is 4.74 Å². The average Bonchev–Trinajstić information content (AvgIpc) is 2.41. The standard InChI is InChI=1S/C13H16FNO5S/c14-11-3-1-10(2-4-11)9-21(18,19)15-13(12(16)17)5-7-20-8-6-13/h1-4,15H,5-9H2,(H,16,17). The third-order valence-electron chi connectivity index (χ3n) is 3.38. The van der Waals surface area contributed by atoms with Gasteiger partial charge in [-0.2, -0.15) is 4.72 Å². The summed E-state index contributed by atoms with van der Waals surface area (Å²) in [5, 5.41) is 9.32. The Morgan fingerprint density at radius 2 is 1.86 bits per heavy atom. The highest BCUT2D eigenvalue weighted by molar-refractivity contribution is 7.88. The van der Waals surface area contributed by atoms with E-state index >= 15 is 0 Å². The van der Waals surface area contributed by atoms with Gasteiger partial charge in [-0.05, 0) is 17.7 Å². The number of carboxylic acid groups (broad SMARTS) is 1. The molecule has 0 spiro atoms. The summed E-state index contributed by atoms with van der Waals surface area (Å²) in [6.45, 7) is 0.372. The lowest BCUT2D eigenvalue weighted by Crippen LogP contribution is -2.57. The quantitative estimate of drug-likeness (QED) is 0.841. The molecular weight excluding hydrogens is 301 g/mol. The lowest BCUT2D eigenvalue weighted by molar-refractivity contribution is -0.147. The summed E-state index contributed by atoms with van der Waals surface area (Å²) in [5.74, 6) is -2.08. The zero-order valence-corrected chi connectivity index (χ0v) is 12.0. The lowest BCUT2D eigenvalue weighted by atomic mass is 9.92. The van der Waals surface area contributed by atoms with Crippen molar-refractivity contribution in [2.45, 2.75) is 24.1 Å². The number of carboxylic acids is 1. The van der Waals surface area contributed by atoms with Gasteiger partial charge < -0.3 is 9.84 Å². The monoisotopic (exact) mass is 317 g/mol. The number of sulfonamides is 1. The van der Waals surface area contributed by atoms with Crippen LogP contribution in [0.4, 0.5) is 4.39 Å². The Kier molecular flexibility index (Phi) is 4.60. The molecule has 0 amide bonds. The highest BCUT2D eigenvalue weighted by atomic mass is 32.2. The summed E-state index contributed by atoms with van der Waals surface area (Å²) in [5.41, 5.74) is -1.14. The first-order chi connectivity index (χ1) is 9.83. The molecule has 1 heterocycles. The molecule has 1 saturated heterocycles. The normalized spacial score (nSPS) is 18.3. The van der Waals surface area contributed by atoms with E-state index in [1.54, 1.807) is 0 Å². The average molecular weight is 317 g/mol. The Labute approximate surface area is 122 Å². The van der Waals surface area contributed by atoms with Crippen molar-refractivity contribution in [2.24, 2.45) is 0 Å².